The molecular weight excluding hydrogens is 236 g/mol. The van der Waals surface area contributed by atoms with Crippen molar-refractivity contribution in [3.05, 3.63) is 36.1 Å². The summed E-state index contributed by atoms with van der Waals surface area (Å²) in [5.74, 6) is 0.0263. The number of hydrogen-bond donors (Lipinski definition) is 0. The van der Waals surface area contributed by atoms with Gasteiger partial charge in [0.05, 0.1) is 20.5 Å². The fourth-order valence-corrected chi connectivity index (χ4v) is 1.39. The number of hydrogen-bond acceptors (Lipinski definition) is 5. The first-order valence-electron chi connectivity index (χ1n) is 5.27. The minimum atomic E-state index is -0.495. The number of carbonyl (C=O) groups is 1. The van der Waals surface area contributed by atoms with Crippen molar-refractivity contribution in [1.82, 2.24) is 0 Å². The van der Waals surface area contributed by atoms with Gasteiger partial charge in [0.1, 0.15) is 11.3 Å². The van der Waals surface area contributed by atoms with Gasteiger partial charge in [0, 0.05) is 12.7 Å². The number of rotatable bonds is 6. The molecule has 0 heterocycles. The number of esters is 1. The summed E-state index contributed by atoms with van der Waals surface area (Å²) in [5.41, 5.74) is 0.870. The van der Waals surface area contributed by atoms with E-state index in [0.29, 0.717) is 11.3 Å². The predicted octanol–water partition coefficient (Wildman–Crippen LogP) is 1.83. The Morgan fingerprint density at radius 1 is 1.22 bits per heavy atom. The fourth-order valence-electron chi connectivity index (χ4n) is 1.39. The van der Waals surface area contributed by atoms with Crippen LogP contribution in [0.15, 0.2) is 30.5 Å². The van der Waals surface area contributed by atoms with Gasteiger partial charge in [-0.05, 0) is 6.07 Å². The van der Waals surface area contributed by atoms with Gasteiger partial charge in [0.2, 0.25) is 0 Å². The summed E-state index contributed by atoms with van der Waals surface area (Å²) in [5, 5.41) is 0. The highest BCUT2D eigenvalue weighted by Crippen LogP contribution is 2.26. The lowest BCUT2D eigenvalue weighted by molar-refractivity contribution is -0.133. The number of carbonyl (C=O) groups excluding carboxylic acids is 1. The largest absolute Gasteiger partial charge is 0.503 e. The topological polar surface area (TPSA) is 54.0 Å². The van der Waals surface area contributed by atoms with E-state index in [2.05, 4.69) is 0 Å². The molecule has 0 unspecified atom stereocenters. The third kappa shape index (κ3) is 3.49. The zero-order valence-electron chi connectivity index (χ0n) is 10.6. The third-order valence-corrected chi connectivity index (χ3v) is 2.15. The van der Waals surface area contributed by atoms with Crippen molar-refractivity contribution in [2.24, 2.45) is 0 Å². The van der Waals surface area contributed by atoms with E-state index in [1.165, 1.54) is 27.6 Å². The molecule has 1 rings (SSSR count). The molecule has 0 aromatic heterocycles. The molecule has 0 amide bonds. The van der Waals surface area contributed by atoms with E-state index in [9.17, 15) is 4.79 Å². The van der Waals surface area contributed by atoms with Gasteiger partial charge in [-0.25, -0.2) is 4.79 Å². The predicted molar refractivity (Wildman–Crippen MR) is 65.9 cm³/mol. The molecular formula is C13H16O5. The Morgan fingerprint density at radius 2 is 1.94 bits per heavy atom. The molecule has 1 aromatic carbocycles. The monoisotopic (exact) mass is 252 g/mol. The minimum Gasteiger partial charge on any atom is -0.503 e. The van der Waals surface area contributed by atoms with Crippen LogP contribution in [0.3, 0.4) is 0 Å². The molecule has 0 radical (unpaired) electrons. The molecule has 0 aliphatic carbocycles. The van der Waals surface area contributed by atoms with Crippen LogP contribution in [0.2, 0.25) is 0 Å². The van der Waals surface area contributed by atoms with Crippen LogP contribution in [0.1, 0.15) is 5.56 Å². The van der Waals surface area contributed by atoms with Crippen molar-refractivity contribution in [3.63, 3.8) is 0 Å². The molecule has 0 N–H and O–H groups in total. The van der Waals surface area contributed by atoms with Gasteiger partial charge in [0.15, 0.2) is 6.79 Å². The molecule has 0 fully saturated rings. The van der Waals surface area contributed by atoms with E-state index in [1.54, 1.807) is 24.3 Å². The first kappa shape index (κ1) is 14.1. The molecule has 98 valence electrons. The normalized spacial score (nSPS) is 10.9. The first-order chi connectivity index (χ1) is 8.74. The first-order valence-corrected chi connectivity index (χ1v) is 5.27. The van der Waals surface area contributed by atoms with Crippen molar-refractivity contribution in [3.8, 4) is 5.75 Å². The summed E-state index contributed by atoms with van der Waals surface area (Å²) in [4.78, 5) is 11.7. The van der Waals surface area contributed by atoms with Crippen LogP contribution in [0.5, 0.6) is 5.75 Å². The summed E-state index contributed by atoms with van der Waals surface area (Å²) in [6, 6.07) is 7.07. The molecule has 1 aromatic rings. The Bertz CT molecular complexity index is 425. The smallest absolute Gasteiger partial charge is 0.341 e. The number of ether oxygens (including phenoxy) is 4. The van der Waals surface area contributed by atoms with Crippen molar-refractivity contribution < 1.29 is 23.7 Å². The molecule has 5 nitrogen and oxygen atoms in total. The fraction of sp³-hybridized carbons (Fsp3) is 0.308. The van der Waals surface area contributed by atoms with Crippen molar-refractivity contribution in [2.75, 3.05) is 28.1 Å². The van der Waals surface area contributed by atoms with Gasteiger partial charge in [-0.15, -0.1) is 0 Å². The van der Waals surface area contributed by atoms with Crippen LogP contribution >= 0.6 is 0 Å². The Hall–Kier alpha value is -2.01. The highest BCUT2D eigenvalue weighted by atomic mass is 16.7. The molecule has 0 aliphatic rings. The second-order valence-corrected chi connectivity index (χ2v) is 3.31. The highest BCUT2D eigenvalue weighted by Gasteiger charge is 2.17. The average Bonchev–Trinajstić information content (AvgIpc) is 2.42. The van der Waals surface area contributed by atoms with Crippen LogP contribution in [-0.2, 0) is 19.0 Å². The summed E-state index contributed by atoms with van der Waals surface area (Å²) in [7, 11) is 4.29. The SMILES string of the molecule is CO/C=C(/C(=O)OC)c1ccccc1OCOC. The molecule has 0 atom stereocenters. The Balaban J connectivity index is 3.11. The Morgan fingerprint density at radius 3 is 2.56 bits per heavy atom. The van der Waals surface area contributed by atoms with Crippen molar-refractivity contribution in [2.45, 2.75) is 0 Å². The summed E-state index contributed by atoms with van der Waals surface area (Å²) in [6.07, 6.45) is 1.32. The number of methoxy groups -OCH3 is 3. The van der Waals surface area contributed by atoms with Crippen LogP contribution < -0.4 is 4.74 Å². The summed E-state index contributed by atoms with van der Waals surface area (Å²) < 4.78 is 19.8. The van der Waals surface area contributed by atoms with Gasteiger partial charge in [-0.1, -0.05) is 18.2 Å². The van der Waals surface area contributed by atoms with Crippen molar-refractivity contribution >= 4 is 11.5 Å². The second-order valence-electron chi connectivity index (χ2n) is 3.31. The summed E-state index contributed by atoms with van der Waals surface area (Å²) in [6.45, 7) is 0.0957. The van der Waals surface area contributed by atoms with Crippen LogP contribution in [0, 0.1) is 0 Å². The zero-order valence-corrected chi connectivity index (χ0v) is 10.6. The lowest BCUT2D eigenvalue weighted by Crippen LogP contribution is -2.07. The zero-order chi connectivity index (χ0) is 13.4. The molecule has 0 spiro atoms. The molecule has 0 bridgehead atoms. The average molecular weight is 252 g/mol. The lowest BCUT2D eigenvalue weighted by Gasteiger charge is -2.11. The van der Waals surface area contributed by atoms with Crippen molar-refractivity contribution in [1.29, 1.82) is 0 Å². The van der Waals surface area contributed by atoms with E-state index in [-0.39, 0.29) is 12.4 Å². The molecule has 18 heavy (non-hydrogen) atoms. The van der Waals surface area contributed by atoms with E-state index in [1.807, 2.05) is 0 Å². The molecule has 0 aliphatic heterocycles. The molecule has 0 saturated carbocycles. The lowest BCUT2D eigenvalue weighted by atomic mass is 10.1. The standard InChI is InChI=1S/C13H16O5/c1-15-8-11(13(14)17-3)10-6-4-5-7-12(10)18-9-16-2/h4-8H,9H2,1-3H3/b11-8+. The summed E-state index contributed by atoms with van der Waals surface area (Å²) >= 11 is 0. The minimum absolute atomic E-state index is 0.0957. The van der Waals surface area contributed by atoms with E-state index in [4.69, 9.17) is 18.9 Å². The Kier molecular flexibility index (Phi) is 5.73. The van der Waals surface area contributed by atoms with Gasteiger partial charge >= 0.3 is 5.97 Å². The third-order valence-electron chi connectivity index (χ3n) is 2.15. The number of benzene rings is 1. The molecule has 5 heteroatoms. The van der Waals surface area contributed by atoms with E-state index >= 15 is 0 Å². The van der Waals surface area contributed by atoms with Gasteiger partial charge in [0.25, 0.3) is 0 Å². The van der Waals surface area contributed by atoms with Crippen LogP contribution in [0.25, 0.3) is 5.57 Å². The van der Waals surface area contributed by atoms with E-state index < -0.39 is 5.97 Å². The highest BCUT2D eigenvalue weighted by molar-refractivity contribution is 6.16. The second kappa shape index (κ2) is 7.34. The number of para-hydroxylation sites is 1. The molecule has 0 saturated heterocycles. The van der Waals surface area contributed by atoms with E-state index in [0.717, 1.165) is 0 Å². The van der Waals surface area contributed by atoms with Gasteiger partial charge in [-0.2, -0.15) is 0 Å². The quantitative estimate of drug-likeness (QED) is 0.334. The maximum absolute atomic E-state index is 11.7. The Labute approximate surface area is 106 Å². The van der Waals surface area contributed by atoms with Crippen LogP contribution in [-0.4, -0.2) is 34.1 Å². The van der Waals surface area contributed by atoms with Gasteiger partial charge < -0.3 is 18.9 Å². The maximum atomic E-state index is 11.7. The maximum Gasteiger partial charge on any atom is 0.341 e. The van der Waals surface area contributed by atoms with Gasteiger partial charge in [-0.3, -0.25) is 0 Å². The van der Waals surface area contributed by atoms with Crippen LogP contribution in [0.4, 0.5) is 0 Å².